The first-order valence-electron chi connectivity index (χ1n) is 10.2. The van der Waals surface area contributed by atoms with E-state index in [0.717, 1.165) is 12.8 Å². The molecule has 0 spiro atoms. The Bertz CT molecular complexity index is 574. The first-order valence-corrected chi connectivity index (χ1v) is 10.2. The van der Waals surface area contributed by atoms with Gasteiger partial charge in [0.25, 0.3) is 0 Å². The van der Waals surface area contributed by atoms with Gasteiger partial charge in [0.15, 0.2) is 11.5 Å². The van der Waals surface area contributed by atoms with Crippen LogP contribution < -0.4 is 9.47 Å². The second-order valence-electron chi connectivity index (χ2n) is 7.86. The molecule has 2 nitrogen and oxygen atoms in total. The third kappa shape index (κ3) is 7.90. The summed E-state index contributed by atoms with van der Waals surface area (Å²) in [5, 5.41) is 0. The normalized spacial score (nSPS) is 15.7. The van der Waals surface area contributed by atoms with Crippen LogP contribution in [0, 0.1) is 35.3 Å². The number of benzene rings is 1. The summed E-state index contributed by atoms with van der Waals surface area (Å²) in [6.45, 7) is 15.1. The molecule has 4 heteroatoms. The SMILES string of the molecule is C=CC(C)CCC(C)C(C)CCC(C)COc1ccc(OCC)c(F)c1F. The van der Waals surface area contributed by atoms with Crippen LogP contribution in [0.2, 0.25) is 0 Å². The quantitative estimate of drug-likeness (QED) is 0.341. The molecule has 27 heavy (non-hydrogen) atoms. The van der Waals surface area contributed by atoms with Crippen molar-refractivity contribution in [1.82, 2.24) is 0 Å². The minimum Gasteiger partial charge on any atom is -0.491 e. The largest absolute Gasteiger partial charge is 0.491 e. The Hall–Kier alpha value is -1.58. The maximum Gasteiger partial charge on any atom is 0.204 e. The fraction of sp³-hybridized carbons (Fsp3) is 0.652. The van der Waals surface area contributed by atoms with Crippen molar-refractivity contribution in [2.75, 3.05) is 13.2 Å². The number of rotatable bonds is 13. The van der Waals surface area contributed by atoms with E-state index in [0.29, 0.717) is 24.4 Å². The van der Waals surface area contributed by atoms with Crippen LogP contribution in [0.4, 0.5) is 8.78 Å². The summed E-state index contributed by atoms with van der Waals surface area (Å²) < 4.78 is 38.5. The van der Waals surface area contributed by atoms with Gasteiger partial charge in [-0.25, -0.2) is 0 Å². The Kier molecular flexibility index (Phi) is 10.4. The summed E-state index contributed by atoms with van der Waals surface area (Å²) in [6.07, 6.45) is 6.50. The highest BCUT2D eigenvalue weighted by molar-refractivity contribution is 5.35. The van der Waals surface area contributed by atoms with Crippen LogP contribution in [0.3, 0.4) is 0 Å². The van der Waals surface area contributed by atoms with Gasteiger partial charge in [-0.15, -0.1) is 6.58 Å². The third-order valence-electron chi connectivity index (χ3n) is 5.40. The molecule has 4 unspecified atom stereocenters. The van der Waals surface area contributed by atoms with Gasteiger partial charge in [0.2, 0.25) is 11.6 Å². The number of hydrogen-bond donors (Lipinski definition) is 0. The van der Waals surface area contributed by atoms with Crippen molar-refractivity contribution in [2.45, 2.75) is 60.3 Å². The maximum absolute atomic E-state index is 14.0. The molecule has 1 aromatic carbocycles. The lowest BCUT2D eigenvalue weighted by Gasteiger charge is -2.22. The van der Waals surface area contributed by atoms with Crippen molar-refractivity contribution < 1.29 is 18.3 Å². The molecule has 0 aliphatic rings. The van der Waals surface area contributed by atoms with Crippen molar-refractivity contribution in [2.24, 2.45) is 23.7 Å². The van der Waals surface area contributed by atoms with Crippen molar-refractivity contribution in [3.63, 3.8) is 0 Å². The molecule has 0 aliphatic heterocycles. The van der Waals surface area contributed by atoms with Gasteiger partial charge >= 0.3 is 0 Å². The smallest absolute Gasteiger partial charge is 0.204 e. The van der Waals surface area contributed by atoms with Gasteiger partial charge in [-0.1, -0.05) is 40.2 Å². The molecule has 0 N–H and O–H groups in total. The van der Waals surface area contributed by atoms with Crippen LogP contribution in [0.1, 0.15) is 60.3 Å². The van der Waals surface area contributed by atoms with E-state index < -0.39 is 11.6 Å². The molecular weight excluding hydrogens is 346 g/mol. The zero-order valence-electron chi connectivity index (χ0n) is 17.6. The van der Waals surface area contributed by atoms with Crippen LogP contribution in [0.5, 0.6) is 11.5 Å². The molecule has 0 fully saturated rings. The first kappa shape index (κ1) is 23.5. The van der Waals surface area contributed by atoms with E-state index in [9.17, 15) is 8.78 Å². The van der Waals surface area contributed by atoms with E-state index in [-0.39, 0.29) is 24.0 Å². The predicted molar refractivity (Wildman–Crippen MR) is 108 cm³/mol. The highest BCUT2D eigenvalue weighted by Crippen LogP contribution is 2.29. The third-order valence-corrected chi connectivity index (χ3v) is 5.40. The Morgan fingerprint density at radius 1 is 0.889 bits per heavy atom. The summed E-state index contributed by atoms with van der Waals surface area (Å²) in [5.41, 5.74) is 0. The summed E-state index contributed by atoms with van der Waals surface area (Å²) in [6, 6.07) is 2.84. The topological polar surface area (TPSA) is 18.5 Å². The first-order chi connectivity index (χ1) is 12.8. The van der Waals surface area contributed by atoms with Crippen LogP contribution in [-0.2, 0) is 0 Å². The molecular formula is C23H36F2O2. The van der Waals surface area contributed by atoms with Gasteiger partial charge in [-0.2, -0.15) is 8.78 Å². The average Bonchev–Trinajstić information content (AvgIpc) is 2.66. The van der Waals surface area contributed by atoms with Gasteiger partial charge in [-0.3, -0.25) is 0 Å². The fourth-order valence-corrected chi connectivity index (χ4v) is 2.97. The molecule has 0 aromatic heterocycles. The summed E-state index contributed by atoms with van der Waals surface area (Å²) in [7, 11) is 0. The Labute approximate surface area is 164 Å². The molecule has 1 rings (SSSR count). The minimum atomic E-state index is -0.988. The molecule has 0 heterocycles. The molecule has 154 valence electrons. The van der Waals surface area contributed by atoms with Gasteiger partial charge in [-0.05, 0) is 62.0 Å². The van der Waals surface area contributed by atoms with E-state index in [1.807, 2.05) is 6.08 Å². The highest BCUT2D eigenvalue weighted by atomic mass is 19.2. The summed E-state index contributed by atoms with van der Waals surface area (Å²) in [5.74, 6) is 0.0377. The van der Waals surface area contributed by atoms with Crippen molar-refractivity contribution >= 4 is 0 Å². The molecule has 4 atom stereocenters. The van der Waals surface area contributed by atoms with E-state index >= 15 is 0 Å². The van der Waals surface area contributed by atoms with Gasteiger partial charge < -0.3 is 9.47 Å². The van der Waals surface area contributed by atoms with E-state index in [4.69, 9.17) is 9.47 Å². The highest BCUT2D eigenvalue weighted by Gasteiger charge is 2.18. The molecule has 0 bridgehead atoms. The molecule has 0 saturated heterocycles. The number of hydrogen-bond acceptors (Lipinski definition) is 2. The standard InChI is InChI=1S/C23H36F2O2/c1-7-16(3)9-11-18(5)19(6)12-10-17(4)15-27-21-14-13-20(26-8-2)22(24)23(21)25/h7,13-14,16-19H,1,8-12,15H2,2-6H3. The fourth-order valence-electron chi connectivity index (χ4n) is 2.97. The Balaban J connectivity index is 2.41. The lowest BCUT2D eigenvalue weighted by Crippen LogP contribution is -2.14. The van der Waals surface area contributed by atoms with E-state index in [1.54, 1.807) is 6.92 Å². The molecule has 0 amide bonds. The van der Waals surface area contributed by atoms with E-state index in [1.165, 1.54) is 25.0 Å². The van der Waals surface area contributed by atoms with Crippen molar-refractivity contribution in [1.29, 1.82) is 0 Å². The molecule has 0 aliphatic carbocycles. The van der Waals surface area contributed by atoms with Crippen LogP contribution in [0.15, 0.2) is 24.8 Å². The van der Waals surface area contributed by atoms with Crippen LogP contribution >= 0.6 is 0 Å². The number of allylic oxidation sites excluding steroid dienone is 1. The average molecular weight is 383 g/mol. The molecule has 0 radical (unpaired) electrons. The van der Waals surface area contributed by atoms with Gasteiger partial charge in [0.05, 0.1) is 13.2 Å². The maximum atomic E-state index is 14.0. The number of halogens is 2. The minimum absolute atomic E-state index is 0.0531. The number of ether oxygens (including phenoxy) is 2. The lowest BCUT2D eigenvalue weighted by molar-refractivity contribution is 0.220. The van der Waals surface area contributed by atoms with Gasteiger partial charge in [0.1, 0.15) is 0 Å². The molecule has 1 aromatic rings. The second-order valence-corrected chi connectivity index (χ2v) is 7.86. The van der Waals surface area contributed by atoms with Crippen LogP contribution in [0.25, 0.3) is 0 Å². The Morgan fingerprint density at radius 3 is 1.93 bits per heavy atom. The van der Waals surface area contributed by atoms with Crippen molar-refractivity contribution in [3.05, 3.63) is 36.4 Å². The van der Waals surface area contributed by atoms with E-state index in [2.05, 4.69) is 34.3 Å². The monoisotopic (exact) mass is 382 g/mol. The zero-order valence-corrected chi connectivity index (χ0v) is 17.6. The molecule has 0 saturated carbocycles. The zero-order chi connectivity index (χ0) is 20.4. The second kappa shape index (κ2) is 12.0. The van der Waals surface area contributed by atoms with Crippen LogP contribution in [-0.4, -0.2) is 13.2 Å². The van der Waals surface area contributed by atoms with Gasteiger partial charge in [0, 0.05) is 0 Å². The summed E-state index contributed by atoms with van der Waals surface area (Å²) in [4.78, 5) is 0. The lowest BCUT2D eigenvalue weighted by atomic mass is 9.84. The predicted octanol–water partition coefficient (Wildman–Crippen LogP) is 7.03. The summed E-state index contributed by atoms with van der Waals surface area (Å²) >= 11 is 0. The Morgan fingerprint density at radius 2 is 1.41 bits per heavy atom. The van der Waals surface area contributed by atoms with Crippen molar-refractivity contribution in [3.8, 4) is 11.5 Å².